The summed E-state index contributed by atoms with van der Waals surface area (Å²) in [6, 6.07) is 8.99. The Balaban J connectivity index is 1.65. The van der Waals surface area contributed by atoms with Crippen LogP contribution in [-0.4, -0.2) is 23.9 Å². The number of aliphatic hydroxyl groups excluding tert-OH is 1. The highest BCUT2D eigenvalue weighted by Crippen LogP contribution is 2.43. The van der Waals surface area contributed by atoms with Crippen LogP contribution in [0.1, 0.15) is 22.4 Å². The zero-order valence-electron chi connectivity index (χ0n) is 17.3. The third kappa shape index (κ3) is 3.32. The number of carbonyl (C=O) groups excluding carboxylic acids is 2. The fourth-order valence-electron chi connectivity index (χ4n) is 3.94. The predicted octanol–water partition coefficient (Wildman–Crippen LogP) is 5.75. The summed E-state index contributed by atoms with van der Waals surface area (Å²) in [6.45, 7) is 0. The van der Waals surface area contributed by atoms with Crippen LogP contribution in [0, 0.1) is 11.6 Å². The minimum atomic E-state index is -1.27. The van der Waals surface area contributed by atoms with Gasteiger partial charge >= 0.3 is 0 Å². The minimum absolute atomic E-state index is 0.0855. The number of ether oxygens (including phenoxy) is 1. The monoisotopic (exact) mass is 485 g/mol. The second-order valence-electron chi connectivity index (χ2n) is 7.42. The number of aliphatic hydroxyl groups is 1. The third-order valence-corrected chi connectivity index (χ3v) is 5.66. The summed E-state index contributed by atoms with van der Waals surface area (Å²) < 4.78 is 43.8. The number of anilines is 1. The Morgan fingerprint density at radius 1 is 1.15 bits per heavy atom. The molecule has 0 spiro atoms. The summed E-state index contributed by atoms with van der Waals surface area (Å²) in [6.07, 6.45) is 1.31. The molecule has 4 aromatic rings. The Bertz CT molecular complexity index is 1490. The van der Waals surface area contributed by atoms with Crippen molar-refractivity contribution in [3.05, 3.63) is 94.3 Å². The van der Waals surface area contributed by atoms with Crippen LogP contribution in [0.25, 0.3) is 11.0 Å². The van der Waals surface area contributed by atoms with Gasteiger partial charge in [0.05, 0.1) is 18.9 Å². The molecule has 1 atom stereocenters. The Hall–Kier alpha value is -4.11. The van der Waals surface area contributed by atoms with Gasteiger partial charge in [-0.2, -0.15) is 0 Å². The number of hydrogen-bond donors (Lipinski definition) is 1. The number of benzene rings is 2. The summed E-state index contributed by atoms with van der Waals surface area (Å²) in [7, 11) is 1.41. The number of hydrogen-bond acceptors (Lipinski definition) is 6. The summed E-state index contributed by atoms with van der Waals surface area (Å²) in [4.78, 5) is 27.5. The number of halogens is 3. The maximum atomic E-state index is 14.0. The SMILES string of the molecule is COc1cc(Cl)cc2cc(C(=O)C3=C(O)C(=O)N(c4ccc(F)c(F)c4)C3c3ccco3)oc12. The molecule has 2 aromatic carbocycles. The predicted molar refractivity (Wildman–Crippen MR) is 117 cm³/mol. The van der Waals surface area contributed by atoms with Crippen LogP contribution in [0.4, 0.5) is 14.5 Å². The molecule has 2 aromatic heterocycles. The van der Waals surface area contributed by atoms with Crippen molar-refractivity contribution in [1.29, 1.82) is 0 Å². The first-order valence-electron chi connectivity index (χ1n) is 9.87. The van der Waals surface area contributed by atoms with Gasteiger partial charge in [0.1, 0.15) is 11.8 Å². The third-order valence-electron chi connectivity index (χ3n) is 5.44. The van der Waals surface area contributed by atoms with E-state index in [2.05, 4.69) is 0 Å². The maximum Gasteiger partial charge on any atom is 0.294 e. The first-order valence-corrected chi connectivity index (χ1v) is 10.2. The average molecular weight is 486 g/mol. The van der Waals surface area contributed by atoms with Crippen molar-refractivity contribution < 1.29 is 37.0 Å². The number of methoxy groups -OCH3 is 1. The molecule has 0 saturated carbocycles. The van der Waals surface area contributed by atoms with Crippen molar-refractivity contribution in [1.82, 2.24) is 0 Å². The molecule has 1 N–H and O–H groups in total. The number of rotatable bonds is 5. The molecule has 1 unspecified atom stereocenters. The molecule has 7 nitrogen and oxygen atoms in total. The number of nitrogens with zero attached hydrogens (tertiary/aromatic N) is 1. The van der Waals surface area contributed by atoms with E-state index >= 15 is 0 Å². The van der Waals surface area contributed by atoms with Gasteiger partial charge < -0.3 is 18.7 Å². The normalized spacial score (nSPS) is 16.1. The zero-order chi connectivity index (χ0) is 24.1. The number of Topliss-reactive ketones (excluding diaryl/α,β-unsaturated/α-hetero) is 1. The first kappa shape index (κ1) is 21.7. The van der Waals surface area contributed by atoms with E-state index in [-0.39, 0.29) is 34.1 Å². The van der Waals surface area contributed by atoms with Crippen LogP contribution in [0.3, 0.4) is 0 Å². The number of ketones is 1. The van der Waals surface area contributed by atoms with Gasteiger partial charge in [-0.3, -0.25) is 14.5 Å². The lowest BCUT2D eigenvalue weighted by atomic mass is 9.99. The molecule has 0 fully saturated rings. The Morgan fingerprint density at radius 2 is 1.94 bits per heavy atom. The summed E-state index contributed by atoms with van der Waals surface area (Å²) in [5, 5.41) is 11.5. The van der Waals surface area contributed by atoms with Gasteiger partial charge in [-0.15, -0.1) is 0 Å². The van der Waals surface area contributed by atoms with Gasteiger partial charge in [-0.25, -0.2) is 8.78 Å². The molecule has 1 aliphatic heterocycles. The largest absolute Gasteiger partial charge is 0.503 e. The Morgan fingerprint density at radius 3 is 2.62 bits per heavy atom. The first-order chi connectivity index (χ1) is 16.3. The van der Waals surface area contributed by atoms with Gasteiger partial charge in [-0.1, -0.05) is 11.6 Å². The van der Waals surface area contributed by atoms with Crippen LogP contribution >= 0.6 is 11.6 Å². The molecule has 172 valence electrons. The van der Waals surface area contributed by atoms with Crippen LogP contribution in [0.5, 0.6) is 5.75 Å². The second-order valence-corrected chi connectivity index (χ2v) is 7.86. The zero-order valence-corrected chi connectivity index (χ0v) is 18.1. The lowest BCUT2D eigenvalue weighted by Crippen LogP contribution is -2.31. The number of carbonyl (C=O) groups is 2. The summed E-state index contributed by atoms with van der Waals surface area (Å²) in [5.41, 5.74) is -0.196. The van der Waals surface area contributed by atoms with E-state index in [1.165, 1.54) is 37.6 Å². The van der Waals surface area contributed by atoms with Crippen molar-refractivity contribution in [3.8, 4) is 5.75 Å². The van der Waals surface area contributed by atoms with Crippen molar-refractivity contribution in [2.45, 2.75) is 6.04 Å². The number of furan rings is 2. The van der Waals surface area contributed by atoms with E-state index in [0.717, 1.165) is 23.1 Å². The molecule has 1 aliphatic rings. The topological polar surface area (TPSA) is 93.1 Å². The summed E-state index contributed by atoms with van der Waals surface area (Å²) in [5.74, 6) is -4.80. The van der Waals surface area contributed by atoms with E-state index in [0.29, 0.717) is 10.4 Å². The lowest BCUT2D eigenvalue weighted by molar-refractivity contribution is -0.117. The molecular formula is C24H14ClF2NO6. The van der Waals surface area contributed by atoms with Crippen LogP contribution in [-0.2, 0) is 4.79 Å². The number of fused-ring (bicyclic) bond motifs is 1. The van der Waals surface area contributed by atoms with Crippen molar-refractivity contribution >= 4 is 39.9 Å². The molecular weight excluding hydrogens is 472 g/mol. The van der Waals surface area contributed by atoms with E-state index in [4.69, 9.17) is 25.2 Å². The fraction of sp³-hybridized carbons (Fsp3) is 0.0833. The number of amides is 1. The molecule has 5 rings (SSSR count). The highest BCUT2D eigenvalue weighted by molar-refractivity contribution is 6.31. The molecule has 0 aliphatic carbocycles. The van der Waals surface area contributed by atoms with E-state index in [9.17, 15) is 23.5 Å². The van der Waals surface area contributed by atoms with Crippen LogP contribution < -0.4 is 9.64 Å². The van der Waals surface area contributed by atoms with Crippen LogP contribution in [0.2, 0.25) is 5.02 Å². The maximum absolute atomic E-state index is 14.0. The van der Waals surface area contributed by atoms with Crippen molar-refractivity contribution in [3.63, 3.8) is 0 Å². The van der Waals surface area contributed by atoms with Gasteiger partial charge in [0, 0.05) is 28.2 Å². The molecule has 1 amide bonds. The van der Waals surface area contributed by atoms with Gasteiger partial charge in [0.25, 0.3) is 5.91 Å². The standard InChI is InChI=1S/C24H14ClF2NO6/c1-32-18-9-12(25)7-11-8-17(34-23(11)18)21(29)19-20(16-3-2-6-33-16)28(24(31)22(19)30)13-4-5-14(26)15(27)10-13/h2-10,20,30H,1H3. The quantitative estimate of drug-likeness (QED) is 0.362. The van der Waals surface area contributed by atoms with E-state index < -0.39 is 35.1 Å². The molecule has 0 radical (unpaired) electrons. The molecule has 3 heterocycles. The molecule has 0 saturated heterocycles. The minimum Gasteiger partial charge on any atom is -0.503 e. The Labute approximate surface area is 195 Å². The highest BCUT2D eigenvalue weighted by Gasteiger charge is 2.47. The van der Waals surface area contributed by atoms with Crippen LogP contribution in [0.15, 0.2) is 75.0 Å². The molecule has 0 bridgehead atoms. The highest BCUT2D eigenvalue weighted by atomic mass is 35.5. The Kier molecular flexibility index (Phi) is 5.13. The van der Waals surface area contributed by atoms with Gasteiger partial charge in [0.15, 0.2) is 34.5 Å². The fourth-order valence-corrected chi connectivity index (χ4v) is 4.15. The molecule has 10 heteroatoms. The van der Waals surface area contributed by atoms with Gasteiger partial charge in [-0.05, 0) is 36.4 Å². The second kappa shape index (κ2) is 8.03. The van der Waals surface area contributed by atoms with E-state index in [1.807, 2.05) is 0 Å². The van der Waals surface area contributed by atoms with Gasteiger partial charge in [0.2, 0.25) is 5.78 Å². The van der Waals surface area contributed by atoms with E-state index in [1.54, 1.807) is 6.07 Å². The van der Waals surface area contributed by atoms with Crippen molar-refractivity contribution in [2.24, 2.45) is 0 Å². The smallest absolute Gasteiger partial charge is 0.294 e. The average Bonchev–Trinajstić information content (AvgIpc) is 3.54. The van der Waals surface area contributed by atoms with Crippen molar-refractivity contribution in [2.75, 3.05) is 12.0 Å². The summed E-state index contributed by atoms with van der Waals surface area (Å²) >= 11 is 6.09. The molecule has 34 heavy (non-hydrogen) atoms. The lowest BCUT2D eigenvalue weighted by Gasteiger charge is -2.24.